The monoisotopic (exact) mass is 296 g/mol. The second-order valence-corrected chi connectivity index (χ2v) is 6.60. The number of imidazole rings is 1. The van der Waals surface area contributed by atoms with Gasteiger partial charge >= 0.3 is 6.09 Å². The number of ether oxygens (including phenoxy) is 1. The third kappa shape index (κ3) is 6.62. The number of H-pyrrole nitrogens is 1. The lowest BCUT2D eigenvalue weighted by molar-refractivity contribution is 0.0490. The van der Waals surface area contributed by atoms with Crippen molar-refractivity contribution in [3.8, 4) is 0 Å². The first kappa shape index (κ1) is 17.5. The highest BCUT2D eigenvalue weighted by Crippen LogP contribution is 2.08. The molecule has 0 saturated carbocycles. The Morgan fingerprint density at radius 3 is 2.57 bits per heavy atom. The van der Waals surface area contributed by atoms with Crippen LogP contribution in [0.1, 0.15) is 46.0 Å². The first-order valence-corrected chi connectivity index (χ1v) is 7.38. The highest BCUT2D eigenvalue weighted by atomic mass is 16.6. The summed E-state index contributed by atoms with van der Waals surface area (Å²) in [6.07, 6.45) is 1.31. The summed E-state index contributed by atoms with van der Waals surface area (Å²) in [7, 11) is 0. The Labute approximate surface area is 127 Å². The number of alkyl carbamates (subject to hydrolysis) is 1. The maximum absolute atomic E-state index is 11.8. The molecule has 3 N–H and O–H groups in total. The molecule has 0 aromatic carbocycles. The van der Waals surface area contributed by atoms with Crippen molar-refractivity contribution in [2.75, 3.05) is 6.54 Å². The van der Waals surface area contributed by atoms with E-state index in [0.717, 1.165) is 11.4 Å². The minimum absolute atomic E-state index is 0.0131. The average molecular weight is 296 g/mol. The number of rotatable bonds is 6. The van der Waals surface area contributed by atoms with Gasteiger partial charge in [-0.05, 0) is 33.6 Å². The van der Waals surface area contributed by atoms with Crippen LogP contribution in [0, 0.1) is 12.8 Å². The number of aryl methyl sites for hydroxylation is 1. The predicted molar refractivity (Wildman–Crippen MR) is 83.0 cm³/mol. The van der Waals surface area contributed by atoms with Crippen molar-refractivity contribution >= 4 is 6.09 Å². The third-order valence-electron chi connectivity index (χ3n) is 3.10. The highest BCUT2D eigenvalue weighted by molar-refractivity contribution is 5.68. The summed E-state index contributed by atoms with van der Waals surface area (Å²) in [5.74, 6) is 0.310. The molecule has 1 aromatic rings. The standard InChI is InChI=1S/C15H28N4O2/c1-10(2)12(19-14(20)21-15(4,5)6)7-16-8-13-11(3)17-9-18-13/h9-10,12,16H,7-8H2,1-6H3,(H,17,18)(H,19,20). The Balaban J connectivity index is 2.43. The number of nitrogens with zero attached hydrogens (tertiary/aromatic N) is 1. The Hall–Kier alpha value is -1.56. The van der Waals surface area contributed by atoms with Crippen LogP contribution in [0.25, 0.3) is 0 Å². The molecule has 1 heterocycles. The zero-order valence-electron chi connectivity index (χ0n) is 13.9. The fraction of sp³-hybridized carbons (Fsp3) is 0.733. The lowest BCUT2D eigenvalue weighted by atomic mass is 10.0. The zero-order chi connectivity index (χ0) is 16.0. The van der Waals surface area contributed by atoms with Crippen molar-refractivity contribution < 1.29 is 9.53 Å². The Bertz CT molecular complexity index is 449. The summed E-state index contributed by atoms with van der Waals surface area (Å²) in [4.78, 5) is 19.1. The van der Waals surface area contributed by atoms with Crippen molar-refractivity contribution in [2.24, 2.45) is 5.92 Å². The van der Waals surface area contributed by atoms with Crippen LogP contribution in [0.2, 0.25) is 0 Å². The smallest absolute Gasteiger partial charge is 0.407 e. The number of hydrogen-bond donors (Lipinski definition) is 3. The van der Waals surface area contributed by atoms with E-state index in [-0.39, 0.29) is 12.1 Å². The molecule has 1 amide bonds. The molecule has 1 rings (SSSR count). The molecule has 6 heteroatoms. The van der Waals surface area contributed by atoms with Gasteiger partial charge in [-0.15, -0.1) is 0 Å². The lowest BCUT2D eigenvalue weighted by Gasteiger charge is -2.26. The number of carbonyl (C=O) groups excluding carboxylic acids is 1. The predicted octanol–water partition coefficient (Wildman–Crippen LogP) is 2.36. The summed E-state index contributed by atoms with van der Waals surface area (Å²) in [6.45, 7) is 13.0. The summed E-state index contributed by atoms with van der Waals surface area (Å²) in [5, 5.41) is 6.24. The van der Waals surface area contributed by atoms with Gasteiger partial charge in [0.25, 0.3) is 0 Å². The Kier molecular flexibility index (Phi) is 6.20. The van der Waals surface area contributed by atoms with Crippen molar-refractivity contribution in [3.63, 3.8) is 0 Å². The van der Waals surface area contributed by atoms with Gasteiger partial charge in [0.15, 0.2) is 0 Å². The molecule has 1 atom stereocenters. The van der Waals surface area contributed by atoms with Crippen LogP contribution in [0.5, 0.6) is 0 Å². The van der Waals surface area contributed by atoms with Gasteiger partial charge in [0, 0.05) is 24.8 Å². The molecule has 0 aliphatic rings. The van der Waals surface area contributed by atoms with E-state index in [1.54, 1.807) is 6.33 Å². The number of aromatic nitrogens is 2. The average Bonchev–Trinajstić information content (AvgIpc) is 2.71. The second kappa shape index (κ2) is 7.45. The number of hydrogen-bond acceptors (Lipinski definition) is 4. The van der Waals surface area contributed by atoms with E-state index in [1.807, 2.05) is 27.7 Å². The quantitative estimate of drug-likeness (QED) is 0.753. The molecule has 0 aliphatic carbocycles. The van der Waals surface area contributed by atoms with Gasteiger partial charge in [0.1, 0.15) is 5.60 Å². The molecule has 0 radical (unpaired) electrons. The van der Waals surface area contributed by atoms with E-state index in [0.29, 0.717) is 19.0 Å². The Morgan fingerprint density at radius 2 is 2.10 bits per heavy atom. The minimum atomic E-state index is -0.481. The second-order valence-electron chi connectivity index (χ2n) is 6.60. The Morgan fingerprint density at radius 1 is 1.43 bits per heavy atom. The van der Waals surface area contributed by atoms with Crippen LogP contribution < -0.4 is 10.6 Å². The van der Waals surface area contributed by atoms with Gasteiger partial charge in [-0.2, -0.15) is 0 Å². The molecule has 21 heavy (non-hydrogen) atoms. The molecule has 0 spiro atoms. The maximum atomic E-state index is 11.8. The SMILES string of the molecule is Cc1[nH]cnc1CNCC(NC(=O)OC(C)(C)C)C(C)C. The largest absolute Gasteiger partial charge is 0.444 e. The molecule has 0 saturated heterocycles. The summed E-state index contributed by atoms with van der Waals surface area (Å²) in [6, 6.07) is 0.0131. The molecular weight excluding hydrogens is 268 g/mol. The number of amides is 1. The normalized spacial score (nSPS) is 13.3. The van der Waals surface area contributed by atoms with E-state index < -0.39 is 5.60 Å². The summed E-state index contributed by atoms with van der Waals surface area (Å²) >= 11 is 0. The third-order valence-corrected chi connectivity index (χ3v) is 3.10. The van der Waals surface area contributed by atoms with Gasteiger partial charge in [-0.3, -0.25) is 0 Å². The highest BCUT2D eigenvalue weighted by Gasteiger charge is 2.21. The van der Waals surface area contributed by atoms with Gasteiger partial charge in [0.2, 0.25) is 0 Å². The minimum Gasteiger partial charge on any atom is -0.444 e. The van der Waals surface area contributed by atoms with Crippen LogP contribution in [-0.2, 0) is 11.3 Å². The topological polar surface area (TPSA) is 79.0 Å². The zero-order valence-corrected chi connectivity index (χ0v) is 13.9. The van der Waals surface area contributed by atoms with Gasteiger partial charge in [-0.25, -0.2) is 9.78 Å². The fourth-order valence-corrected chi connectivity index (χ4v) is 1.82. The van der Waals surface area contributed by atoms with E-state index in [9.17, 15) is 4.79 Å². The molecule has 0 aliphatic heterocycles. The first-order valence-electron chi connectivity index (χ1n) is 7.38. The maximum Gasteiger partial charge on any atom is 0.407 e. The number of carbonyl (C=O) groups is 1. The van der Waals surface area contributed by atoms with Gasteiger partial charge in [-0.1, -0.05) is 13.8 Å². The lowest BCUT2D eigenvalue weighted by Crippen LogP contribution is -2.47. The van der Waals surface area contributed by atoms with E-state index >= 15 is 0 Å². The summed E-state index contributed by atoms with van der Waals surface area (Å²) < 4.78 is 5.29. The van der Waals surface area contributed by atoms with Crippen LogP contribution in [0.15, 0.2) is 6.33 Å². The molecule has 0 bridgehead atoms. The van der Waals surface area contributed by atoms with Crippen molar-refractivity contribution in [3.05, 3.63) is 17.7 Å². The molecule has 0 fully saturated rings. The van der Waals surface area contributed by atoms with Crippen molar-refractivity contribution in [1.29, 1.82) is 0 Å². The van der Waals surface area contributed by atoms with Crippen LogP contribution in [0.4, 0.5) is 4.79 Å². The number of aromatic amines is 1. The first-order chi connectivity index (χ1) is 9.69. The van der Waals surface area contributed by atoms with E-state index in [2.05, 4.69) is 34.4 Å². The van der Waals surface area contributed by atoms with Crippen molar-refractivity contribution in [1.82, 2.24) is 20.6 Å². The van der Waals surface area contributed by atoms with Crippen LogP contribution in [0.3, 0.4) is 0 Å². The molecule has 120 valence electrons. The van der Waals surface area contributed by atoms with Crippen LogP contribution >= 0.6 is 0 Å². The molecule has 1 aromatic heterocycles. The van der Waals surface area contributed by atoms with E-state index in [1.165, 1.54) is 0 Å². The summed E-state index contributed by atoms with van der Waals surface area (Å²) in [5.41, 5.74) is 1.57. The number of nitrogens with one attached hydrogen (secondary N) is 3. The molecule has 1 unspecified atom stereocenters. The molecule has 6 nitrogen and oxygen atoms in total. The van der Waals surface area contributed by atoms with Crippen LogP contribution in [-0.4, -0.2) is 34.2 Å². The fourth-order valence-electron chi connectivity index (χ4n) is 1.82. The van der Waals surface area contributed by atoms with Gasteiger partial charge in [0.05, 0.1) is 12.0 Å². The van der Waals surface area contributed by atoms with Crippen molar-refractivity contribution in [2.45, 2.75) is 59.7 Å². The molecular formula is C15H28N4O2. The van der Waals surface area contributed by atoms with Gasteiger partial charge < -0.3 is 20.4 Å². The van der Waals surface area contributed by atoms with E-state index in [4.69, 9.17) is 4.74 Å².